The molecule has 0 aromatic heterocycles. The second-order valence-electron chi connectivity index (χ2n) is 3.75. The number of benzene rings is 1. The third-order valence-corrected chi connectivity index (χ3v) is 2.28. The van der Waals surface area contributed by atoms with E-state index in [1.807, 2.05) is 7.05 Å². The van der Waals surface area contributed by atoms with Gasteiger partial charge in [-0.15, -0.1) is 0 Å². The average molecular weight is 245 g/mol. The van der Waals surface area contributed by atoms with Crippen LogP contribution in [0.2, 0.25) is 0 Å². The first kappa shape index (κ1) is 13.9. The molecule has 17 heavy (non-hydrogen) atoms. The highest BCUT2D eigenvalue weighted by atomic mass is 19.3. The molecule has 3 nitrogen and oxygen atoms in total. The van der Waals surface area contributed by atoms with Crippen LogP contribution in [-0.2, 0) is 11.3 Å². The maximum atomic E-state index is 11.9. The number of methoxy groups -OCH3 is 1. The zero-order chi connectivity index (χ0) is 12.7. The minimum Gasteiger partial charge on any atom is -0.435 e. The summed E-state index contributed by atoms with van der Waals surface area (Å²) in [5, 5.41) is 0. The summed E-state index contributed by atoms with van der Waals surface area (Å²) in [6.45, 7) is -0.530. The van der Waals surface area contributed by atoms with Gasteiger partial charge in [0.2, 0.25) is 0 Å². The highest BCUT2D eigenvalue weighted by molar-refractivity contribution is 5.27. The second-order valence-corrected chi connectivity index (χ2v) is 3.75. The Bertz CT molecular complexity index is 317. The Morgan fingerprint density at radius 3 is 2.41 bits per heavy atom. The summed E-state index contributed by atoms with van der Waals surface area (Å²) in [5.74, 6) is 0.184. The fraction of sp³-hybridized carbons (Fsp3) is 0.500. The normalized spacial score (nSPS) is 11.2. The van der Waals surface area contributed by atoms with Crippen molar-refractivity contribution >= 4 is 0 Å². The third kappa shape index (κ3) is 5.60. The van der Waals surface area contributed by atoms with Gasteiger partial charge in [-0.05, 0) is 24.7 Å². The molecule has 96 valence electrons. The van der Waals surface area contributed by atoms with Crippen molar-refractivity contribution in [2.45, 2.75) is 13.2 Å². The van der Waals surface area contributed by atoms with E-state index in [9.17, 15) is 8.78 Å². The molecular weight excluding hydrogens is 228 g/mol. The summed E-state index contributed by atoms with van der Waals surface area (Å²) in [4.78, 5) is 2.09. The van der Waals surface area contributed by atoms with Crippen molar-refractivity contribution in [1.82, 2.24) is 4.90 Å². The molecular formula is C12H17F2NO2. The van der Waals surface area contributed by atoms with E-state index < -0.39 is 6.61 Å². The van der Waals surface area contributed by atoms with E-state index in [-0.39, 0.29) is 5.75 Å². The maximum Gasteiger partial charge on any atom is 0.387 e. The highest BCUT2D eigenvalue weighted by Crippen LogP contribution is 2.15. The molecule has 1 aromatic carbocycles. The van der Waals surface area contributed by atoms with Crippen LogP contribution >= 0.6 is 0 Å². The topological polar surface area (TPSA) is 21.7 Å². The molecule has 0 atom stereocenters. The number of halogens is 2. The van der Waals surface area contributed by atoms with Gasteiger partial charge in [0, 0.05) is 20.2 Å². The van der Waals surface area contributed by atoms with Gasteiger partial charge in [-0.3, -0.25) is 4.90 Å². The van der Waals surface area contributed by atoms with E-state index in [0.29, 0.717) is 6.61 Å². The summed E-state index contributed by atoms with van der Waals surface area (Å²) in [6.07, 6.45) is 0. The zero-order valence-corrected chi connectivity index (χ0v) is 10.0. The number of likely N-dealkylation sites (N-methyl/N-ethyl adjacent to an activating group) is 1. The van der Waals surface area contributed by atoms with Crippen LogP contribution in [0.4, 0.5) is 8.78 Å². The quantitative estimate of drug-likeness (QED) is 0.736. The maximum absolute atomic E-state index is 11.9. The van der Waals surface area contributed by atoms with Gasteiger partial charge in [-0.2, -0.15) is 8.78 Å². The van der Waals surface area contributed by atoms with Gasteiger partial charge in [0.1, 0.15) is 5.75 Å². The van der Waals surface area contributed by atoms with Gasteiger partial charge in [0.25, 0.3) is 0 Å². The van der Waals surface area contributed by atoms with E-state index in [1.54, 1.807) is 31.4 Å². The SMILES string of the molecule is COCCN(C)Cc1ccc(OC(F)F)cc1. The number of ether oxygens (including phenoxy) is 2. The molecule has 0 fully saturated rings. The minimum absolute atomic E-state index is 0.184. The van der Waals surface area contributed by atoms with Gasteiger partial charge in [0.05, 0.1) is 6.61 Å². The summed E-state index contributed by atoms with van der Waals surface area (Å²) in [7, 11) is 3.63. The molecule has 5 heteroatoms. The molecule has 0 heterocycles. The average Bonchev–Trinajstić information content (AvgIpc) is 2.28. The van der Waals surface area contributed by atoms with Gasteiger partial charge in [-0.25, -0.2) is 0 Å². The summed E-state index contributed by atoms with van der Waals surface area (Å²) >= 11 is 0. The zero-order valence-electron chi connectivity index (χ0n) is 10.0. The second kappa shape index (κ2) is 7.19. The predicted octanol–water partition coefficient (Wildman–Crippen LogP) is 2.37. The number of alkyl halides is 2. The fourth-order valence-corrected chi connectivity index (χ4v) is 1.41. The van der Waals surface area contributed by atoms with E-state index >= 15 is 0 Å². The summed E-state index contributed by atoms with van der Waals surface area (Å²) in [5.41, 5.74) is 1.05. The molecule has 0 unspecified atom stereocenters. The molecule has 0 bridgehead atoms. The van der Waals surface area contributed by atoms with Crippen LogP contribution in [-0.4, -0.2) is 38.8 Å². The van der Waals surface area contributed by atoms with Crippen molar-refractivity contribution in [1.29, 1.82) is 0 Å². The molecule has 1 aromatic rings. The Kier molecular flexibility index (Phi) is 5.86. The third-order valence-electron chi connectivity index (χ3n) is 2.28. The lowest BCUT2D eigenvalue weighted by Gasteiger charge is -2.16. The molecule has 0 N–H and O–H groups in total. The molecule has 0 aliphatic rings. The molecule has 0 spiro atoms. The smallest absolute Gasteiger partial charge is 0.387 e. The Morgan fingerprint density at radius 2 is 1.88 bits per heavy atom. The lowest BCUT2D eigenvalue weighted by Crippen LogP contribution is -2.22. The predicted molar refractivity (Wildman–Crippen MR) is 61.3 cm³/mol. The van der Waals surface area contributed by atoms with Crippen molar-refractivity contribution in [3.8, 4) is 5.75 Å². The fourth-order valence-electron chi connectivity index (χ4n) is 1.41. The van der Waals surface area contributed by atoms with Crippen LogP contribution < -0.4 is 4.74 Å². The molecule has 0 aliphatic heterocycles. The molecule has 0 aliphatic carbocycles. The number of hydrogen-bond acceptors (Lipinski definition) is 3. The van der Waals surface area contributed by atoms with Crippen LogP contribution in [0.25, 0.3) is 0 Å². The summed E-state index contributed by atoms with van der Waals surface area (Å²) < 4.78 is 33.1. The first-order chi connectivity index (χ1) is 8.11. The van der Waals surface area contributed by atoms with Crippen molar-refractivity contribution in [3.05, 3.63) is 29.8 Å². The van der Waals surface area contributed by atoms with Gasteiger partial charge in [-0.1, -0.05) is 12.1 Å². The lowest BCUT2D eigenvalue weighted by atomic mass is 10.2. The first-order valence-corrected chi connectivity index (χ1v) is 5.33. The molecule has 1 rings (SSSR count). The monoisotopic (exact) mass is 245 g/mol. The highest BCUT2D eigenvalue weighted by Gasteiger charge is 2.04. The van der Waals surface area contributed by atoms with Crippen molar-refractivity contribution in [2.24, 2.45) is 0 Å². The van der Waals surface area contributed by atoms with Gasteiger partial charge < -0.3 is 9.47 Å². The van der Waals surface area contributed by atoms with Gasteiger partial charge >= 0.3 is 6.61 Å². The largest absolute Gasteiger partial charge is 0.435 e. The Balaban J connectivity index is 2.44. The van der Waals surface area contributed by atoms with Crippen LogP contribution in [0.5, 0.6) is 5.75 Å². The number of hydrogen-bond donors (Lipinski definition) is 0. The van der Waals surface area contributed by atoms with E-state index in [0.717, 1.165) is 18.7 Å². The van der Waals surface area contributed by atoms with E-state index in [1.165, 1.54) is 0 Å². The molecule has 0 amide bonds. The molecule has 0 radical (unpaired) electrons. The van der Waals surface area contributed by atoms with Crippen LogP contribution in [0.15, 0.2) is 24.3 Å². The Hall–Kier alpha value is -1.20. The van der Waals surface area contributed by atoms with Crippen molar-refractivity contribution in [2.75, 3.05) is 27.3 Å². The summed E-state index contributed by atoms with van der Waals surface area (Å²) in [6, 6.07) is 6.65. The van der Waals surface area contributed by atoms with Crippen LogP contribution in [0.3, 0.4) is 0 Å². The first-order valence-electron chi connectivity index (χ1n) is 5.33. The minimum atomic E-state index is -2.77. The van der Waals surface area contributed by atoms with Crippen LogP contribution in [0.1, 0.15) is 5.56 Å². The standard InChI is InChI=1S/C12H17F2NO2/c1-15(7-8-16-2)9-10-3-5-11(6-4-10)17-12(13)14/h3-6,12H,7-9H2,1-2H3. The van der Waals surface area contributed by atoms with Crippen molar-refractivity contribution < 1.29 is 18.3 Å². The van der Waals surface area contributed by atoms with Gasteiger partial charge in [0.15, 0.2) is 0 Å². The number of rotatable bonds is 7. The molecule has 0 saturated heterocycles. The molecule has 0 saturated carbocycles. The Morgan fingerprint density at radius 1 is 1.24 bits per heavy atom. The number of nitrogens with zero attached hydrogens (tertiary/aromatic N) is 1. The van der Waals surface area contributed by atoms with E-state index in [4.69, 9.17) is 4.74 Å². The van der Waals surface area contributed by atoms with Crippen molar-refractivity contribution in [3.63, 3.8) is 0 Å². The Labute approximate surface area is 99.9 Å². The van der Waals surface area contributed by atoms with Crippen LogP contribution in [0, 0.1) is 0 Å². The van der Waals surface area contributed by atoms with E-state index in [2.05, 4.69) is 9.64 Å². The lowest BCUT2D eigenvalue weighted by molar-refractivity contribution is -0.0498.